The van der Waals surface area contributed by atoms with Crippen LogP contribution in [0.1, 0.15) is 18.9 Å². The van der Waals surface area contributed by atoms with Gasteiger partial charge in [-0.15, -0.1) is 0 Å². The minimum absolute atomic E-state index is 0.0746. The van der Waals surface area contributed by atoms with Gasteiger partial charge in [-0.05, 0) is 55.0 Å². The van der Waals surface area contributed by atoms with E-state index in [2.05, 4.69) is 20.9 Å². The van der Waals surface area contributed by atoms with E-state index in [4.69, 9.17) is 14.2 Å². The Bertz CT molecular complexity index is 1440. The molecule has 0 atom stereocenters. The second-order valence-corrected chi connectivity index (χ2v) is 8.17. The number of benzene rings is 3. The van der Waals surface area contributed by atoms with Crippen LogP contribution in [0.3, 0.4) is 0 Å². The highest BCUT2D eigenvalue weighted by molar-refractivity contribution is 6.00. The number of pyridine rings is 1. The predicted octanol–water partition coefficient (Wildman–Crippen LogP) is 6.35. The number of aryl methyl sites for hydroxylation is 1. The SMILES string of the molecule is CCC(=O)Nc1ccc(NC(=O)Nc2ccc(C)c(Oc3ccnc4cc(OC)c(OC)cc34)c2)cc1. The third kappa shape index (κ3) is 6.07. The van der Waals surface area contributed by atoms with E-state index in [9.17, 15) is 9.59 Å². The summed E-state index contributed by atoms with van der Waals surface area (Å²) in [5.41, 5.74) is 3.39. The number of rotatable bonds is 8. The van der Waals surface area contributed by atoms with Crippen molar-refractivity contribution < 1.29 is 23.8 Å². The molecule has 1 aromatic heterocycles. The second kappa shape index (κ2) is 11.3. The first-order chi connectivity index (χ1) is 17.9. The average molecular weight is 501 g/mol. The number of nitrogens with one attached hydrogen (secondary N) is 3. The molecule has 3 amide bonds. The van der Waals surface area contributed by atoms with Crippen molar-refractivity contribution in [3.63, 3.8) is 0 Å². The summed E-state index contributed by atoms with van der Waals surface area (Å²) in [7, 11) is 3.15. The molecule has 0 saturated carbocycles. The van der Waals surface area contributed by atoms with Crippen LogP contribution in [0, 0.1) is 6.92 Å². The van der Waals surface area contributed by atoms with Crippen LogP contribution in [0.25, 0.3) is 10.9 Å². The fourth-order valence-corrected chi connectivity index (χ4v) is 3.62. The van der Waals surface area contributed by atoms with Crippen molar-refractivity contribution in [3.8, 4) is 23.0 Å². The Morgan fingerprint density at radius 3 is 2.05 bits per heavy atom. The van der Waals surface area contributed by atoms with Crippen LogP contribution >= 0.6 is 0 Å². The number of carbonyl (C=O) groups is 2. The number of aromatic nitrogens is 1. The molecule has 0 aliphatic carbocycles. The van der Waals surface area contributed by atoms with E-state index in [1.165, 1.54) is 0 Å². The lowest BCUT2D eigenvalue weighted by atomic mass is 10.1. The van der Waals surface area contributed by atoms with Crippen LogP contribution < -0.4 is 30.2 Å². The molecule has 4 aromatic rings. The molecular formula is C28H28N4O5. The molecule has 0 fully saturated rings. The fraction of sp³-hybridized carbons (Fsp3) is 0.179. The van der Waals surface area contributed by atoms with Crippen molar-refractivity contribution in [3.05, 3.63) is 72.4 Å². The van der Waals surface area contributed by atoms with Gasteiger partial charge in [0.1, 0.15) is 11.5 Å². The van der Waals surface area contributed by atoms with Gasteiger partial charge in [-0.1, -0.05) is 13.0 Å². The number of nitrogens with zero attached hydrogens (tertiary/aromatic N) is 1. The third-order valence-electron chi connectivity index (χ3n) is 5.62. The number of anilines is 3. The molecule has 37 heavy (non-hydrogen) atoms. The summed E-state index contributed by atoms with van der Waals surface area (Å²) in [4.78, 5) is 28.5. The van der Waals surface area contributed by atoms with Crippen LogP contribution in [0.2, 0.25) is 0 Å². The van der Waals surface area contributed by atoms with E-state index in [-0.39, 0.29) is 5.91 Å². The molecule has 0 radical (unpaired) electrons. The highest BCUT2D eigenvalue weighted by Gasteiger charge is 2.13. The number of carbonyl (C=O) groups excluding carboxylic acids is 2. The third-order valence-corrected chi connectivity index (χ3v) is 5.62. The average Bonchev–Trinajstić information content (AvgIpc) is 2.90. The molecule has 3 N–H and O–H groups in total. The van der Waals surface area contributed by atoms with Gasteiger partial charge in [-0.2, -0.15) is 0 Å². The van der Waals surface area contributed by atoms with E-state index in [0.717, 1.165) is 10.9 Å². The Labute approximate surface area is 214 Å². The van der Waals surface area contributed by atoms with E-state index < -0.39 is 6.03 Å². The van der Waals surface area contributed by atoms with Crippen molar-refractivity contribution in [2.75, 3.05) is 30.2 Å². The quantitative estimate of drug-likeness (QED) is 0.260. The lowest BCUT2D eigenvalue weighted by Crippen LogP contribution is -2.19. The van der Waals surface area contributed by atoms with Gasteiger partial charge in [0.05, 0.1) is 19.7 Å². The van der Waals surface area contributed by atoms with Crippen molar-refractivity contribution in [2.45, 2.75) is 20.3 Å². The number of ether oxygens (including phenoxy) is 3. The first-order valence-electron chi connectivity index (χ1n) is 11.7. The molecule has 0 unspecified atom stereocenters. The zero-order valence-electron chi connectivity index (χ0n) is 21.0. The number of hydrogen-bond donors (Lipinski definition) is 3. The Hall–Kier alpha value is -4.79. The smallest absolute Gasteiger partial charge is 0.323 e. The Morgan fingerprint density at radius 1 is 0.757 bits per heavy atom. The monoisotopic (exact) mass is 500 g/mol. The molecule has 4 rings (SSSR count). The summed E-state index contributed by atoms with van der Waals surface area (Å²) in [5, 5.41) is 9.13. The van der Waals surface area contributed by atoms with Crippen molar-refractivity contribution >= 4 is 39.9 Å². The molecule has 0 aliphatic heterocycles. The summed E-state index contributed by atoms with van der Waals surface area (Å²) in [6.45, 7) is 3.70. The number of fused-ring (bicyclic) bond motifs is 1. The minimum Gasteiger partial charge on any atom is -0.493 e. The van der Waals surface area contributed by atoms with Gasteiger partial charge in [0.15, 0.2) is 11.5 Å². The molecule has 9 heteroatoms. The van der Waals surface area contributed by atoms with E-state index in [0.29, 0.717) is 52.0 Å². The number of hydrogen-bond acceptors (Lipinski definition) is 6. The maximum atomic E-state index is 12.6. The van der Waals surface area contributed by atoms with Gasteiger partial charge < -0.3 is 30.2 Å². The molecule has 1 heterocycles. The number of amides is 3. The first-order valence-corrected chi connectivity index (χ1v) is 11.7. The Balaban J connectivity index is 1.49. The standard InChI is InChI=1S/C28H28N4O5/c1-5-27(33)30-18-8-10-19(11-9-18)31-28(34)32-20-7-6-17(2)24(14-20)37-23-12-13-29-22-16-26(36-4)25(35-3)15-21(22)23/h6-16H,5H2,1-4H3,(H,30,33)(H2,31,32,34). The molecule has 190 valence electrons. The van der Waals surface area contributed by atoms with Crippen LogP contribution in [-0.4, -0.2) is 31.1 Å². The Kier molecular flexibility index (Phi) is 7.73. The van der Waals surface area contributed by atoms with Gasteiger partial charge in [-0.3, -0.25) is 9.78 Å². The van der Waals surface area contributed by atoms with Crippen molar-refractivity contribution in [2.24, 2.45) is 0 Å². The molecule has 9 nitrogen and oxygen atoms in total. The van der Waals surface area contributed by atoms with Gasteiger partial charge >= 0.3 is 6.03 Å². The predicted molar refractivity (Wildman–Crippen MR) is 144 cm³/mol. The number of urea groups is 1. The Morgan fingerprint density at radius 2 is 1.38 bits per heavy atom. The highest BCUT2D eigenvalue weighted by atomic mass is 16.5. The van der Waals surface area contributed by atoms with Crippen LogP contribution in [0.5, 0.6) is 23.0 Å². The van der Waals surface area contributed by atoms with E-state index >= 15 is 0 Å². The van der Waals surface area contributed by atoms with Gasteiger partial charge in [0.2, 0.25) is 5.91 Å². The largest absolute Gasteiger partial charge is 0.493 e. The lowest BCUT2D eigenvalue weighted by molar-refractivity contribution is -0.115. The fourth-order valence-electron chi connectivity index (χ4n) is 3.62. The minimum atomic E-state index is -0.411. The highest BCUT2D eigenvalue weighted by Crippen LogP contribution is 2.38. The summed E-state index contributed by atoms with van der Waals surface area (Å²) < 4.78 is 17.1. The lowest BCUT2D eigenvalue weighted by Gasteiger charge is -2.15. The normalized spacial score (nSPS) is 10.5. The first kappa shape index (κ1) is 25.3. The summed E-state index contributed by atoms with van der Waals surface area (Å²) >= 11 is 0. The molecule has 0 aliphatic rings. The molecule has 0 saturated heterocycles. The van der Waals surface area contributed by atoms with Crippen LogP contribution in [0.15, 0.2) is 66.9 Å². The van der Waals surface area contributed by atoms with Gasteiger partial charge in [0, 0.05) is 47.2 Å². The van der Waals surface area contributed by atoms with Crippen molar-refractivity contribution in [1.29, 1.82) is 0 Å². The molecular weight excluding hydrogens is 472 g/mol. The van der Waals surface area contributed by atoms with Gasteiger partial charge in [0.25, 0.3) is 0 Å². The summed E-state index contributed by atoms with van der Waals surface area (Å²) in [6, 6.07) is 17.3. The topological polar surface area (TPSA) is 111 Å². The van der Waals surface area contributed by atoms with Crippen LogP contribution in [-0.2, 0) is 4.79 Å². The summed E-state index contributed by atoms with van der Waals surface area (Å²) in [5.74, 6) is 2.24. The second-order valence-electron chi connectivity index (χ2n) is 8.17. The van der Waals surface area contributed by atoms with E-state index in [1.54, 1.807) is 75.9 Å². The van der Waals surface area contributed by atoms with E-state index in [1.807, 2.05) is 19.1 Å². The molecule has 0 bridgehead atoms. The van der Waals surface area contributed by atoms with Gasteiger partial charge in [-0.25, -0.2) is 4.79 Å². The zero-order chi connectivity index (χ0) is 26.4. The summed E-state index contributed by atoms with van der Waals surface area (Å²) in [6.07, 6.45) is 2.05. The maximum Gasteiger partial charge on any atom is 0.323 e. The maximum absolute atomic E-state index is 12.6. The van der Waals surface area contributed by atoms with Crippen molar-refractivity contribution in [1.82, 2.24) is 4.98 Å². The van der Waals surface area contributed by atoms with Crippen LogP contribution in [0.4, 0.5) is 21.9 Å². The number of methoxy groups -OCH3 is 2. The molecule has 0 spiro atoms. The zero-order valence-corrected chi connectivity index (χ0v) is 21.0. The molecule has 3 aromatic carbocycles.